The second-order valence-corrected chi connectivity index (χ2v) is 4.08. The number of rotatable bonds is 6. The van der Waals surface area contributed by atoms with Gasteiger partial charge >= 0.3 is 6.61 Å². The van der Waals surface area contributed by atoms with Crippen LogP contribution in [0, 0.1) is 0 Å². The lowest BCUT2D eigenvalue weighted by Crippen LogP contribution is -2.05. The standard InChI is InChI=1S/C14H18F2O3/c1-4-18-13-8-11(7-9(2)10(3)17)5-6-12(13)19-14(15)16/h5-8,10,14,17H,4H2,1-3H3/b9-7-. The van der Waals surface area contributed by atoms with Crippen molar-refractivity contribution in [2.45, 2.75) is 33.5 Å². The maximum Gasteiger partial charge on any atom is 0.387 e. The summed E-state index contributed by atoms with van der Waals surface area (Å²) in [6.45, 7) is 2.66. The Hall–Kier alpha value is -1.62. The topological polar surface area (TPSA) is 38.7 Å². The normalized spacial score (nSPS) is 13.5. The molecule has 1 N–H and O–H groups in total. The van der Waals surface area contributed by atoms with Crippen molar-refractivity contribution in [3.63, 3.8) is 0 Å². The fourth-order valence-electron chi connectivity index (χ4n) is 1.46. The van der Waals surface area contributed by atoms with E-state index in [0.717, 1.165) is 11.1 Å². The van der Waals surface area contributed by atoms with E-state index in [1.807, 2.05) is 0 Å². The summed E-state index contributed by atoms with van der Waals surface area (Å²) in [5, 5.41) is 9.41. The zero-order valence-corrected chi connectivity index (χ0v) is 11.2. The van der Waals surface area contributed by atoms with Gasteiger partial charge in [-0.15, -0.1) is 0 Å². The number of alkyl halides is 2. The molecule has 0 saturated heterocycles. The van der Waals surface area contributed by atoms with Crippen molar-refractivity contribution in [1.82, 2.24) is 0 Å². The van der Waals surface area contributed by atoms with Gasteiger partial charge in [-0.3, -0.25) is 0 Å². The van der Waals surface area contributed by atoms with Crippen LogP contribution in [0.5, 0.6) is 11.5 Å². The molecule has 1 unspecified atom stereocenters. The van der Waals surface area contributed by atoms with Crippen molar-refractivity contribution in [2.75, 3.05) is 6.61 Å². The molecule has 1 aromatic rings. The Balaban J connectivity index is 3.05. The molecule has 19 heavy (non-hydrogen) atoms. The third kappa shape index (κ3) is 4.87. The maximum atomic E-state index is 12.2. The predicted molar refractivity (Wildman–Crippen MR) is 69.6 cm³/mol. The summed E-state index contributed by atoms with van der Waals surface area (Å²) in [6, 6.07) is 4.66. The molecule has 0 fully saturated rings. The average Bonchev–Trinajstić information content (AvgIpc) is 2.32. The molecule has 1 atom stereocenters. The molecule has 0 aliphatic rings. The highest BCUT2D eigenvalue weighted by Crippen LogP contribution is 2.30. The summed E-state index contributed by atoms with van der Waals surface area (Å²) >= 11 is 0. The van der Waals surface area contributed by atoms with Crippen molar-refractivity contribution in [1.29, 1.82) is 0 Å². The van der Waals surface area contributed by atoms with Gasteiger partial charge < -0.3 is 14.6 Å². The summed E-state index contributed by atoms with van der Waals surface area (Å²) in [4.78, 5) is 0. The molecule has 0 aromatic heterocycles. The zero-order chi connectivity index (χ0) is 14.4. The first-order valence-electron chi connectivity index (χ1n) is 6.02. The Labute approximate surface area is 111 Å². The van der Waals surface area contributed by atoms with Crippen LogP contribution >= 0.6 is 0 Å². The van der Waals surface area contributed by atoms with Crippen molar-refractivity contribution < 1.29 is 23.4 Å². The average molecular weight is 272 g/mol. The zero-order valence-electron chi connectivity index (χ0n) is 11.2. The third-order valence-electron chi connectivity index (χ3n) is 2.54. The first-order chi connectivity index (χ1) is 8.93. The van der Waals surface area contributed by atoms with Crippen LogP contribution in [0.3, 0.4) is 0 Å². The molecule has 0 aliphatic heterocycles. The molecule has 106 valence electrons. The largest absolute Gasteiger partial charge is 0.490 e. The van der Waals surface area contributed by atoms with Crippen LogP contribution in [0.2, 0.25) is 0 Å². The Morgan fingerprint density at radius 1 is 1.37 bits per heavy atom. The Kier molecular flexibility index (Phi) is 5.76. The fourth-order valence-corrected chi connectivity index (χ4v) is 1.46. The molecule has 0 amide bonds. The Morgan fingerprint density at radius 2 is 2.05 bits per heavy atom. The molecular formula is C14H18F2O3. The molecule has 1 rings (SSSR count). The first kappa shape index (κ1) is 15.4. The minimum absolute atomic E-state index is 0.00343. The number of halogens is 2. The Morgan fingerprint density at radius 3 is 2.58 bits per heavy atom. The molecule has 0 spiro atoms. The first-order valence-corrected chi connectivity index (χ1v) is 6.02. The van der Waals surface area contributed by atoms with Gasteiger partial charge in [0.1, 0.15) is 0 Å². The van der Waals surface area contributed by atoms with Gasteiger partial charge in [0.2, 0.25) is 0 Å². The highest BCUT2D eigenvalue weighted by Gasteiger charge is 2.11. The van der Waals surface area contributed by atoms with Gasteiger partial charge in [0.05, 0.1) is 12.7 Å². The highest BCUT2D eigenvalue weighted by atomic mass is 19.3. The molecule has 0 saturated carbocycles. The van der Waals surface area contributed by atoms with Crippen LogP contribution in [0.15, 0.2) is 23.8 Å². The third-order valence-corrected chi connectivity index (χ3v) is 2.54. The van der Waals surface area contributed by atoms with E-state index >= 15 is 0 Å². The lowest BCUT2D eigenvalue weighted by atomic mass is 10.1. The molecule has 1 aromatic carbocycles. The number of aliphatic hydroxyl groups is 1. The van der Waals surface area contributed by atoms with Gasteiger partial charge in [0.15, 0.2) is 11.5 Å². The van der Waals surface area contributed by atoms with Gasteiger partial charge in [-0.05, 0) is 44.0 Å². The van der Waals surface area contributed by atoms with E-state index in [1.54, 1.807) is 39.0 Å². The van der Waals surface area contributed by atoms with Crippen molar-refractivity contribution >= 4 is 6.08 Å². The minimum Gasteiger partial charge on any atom is -0.490 e. The van der Waals surface area contributed by atoms with Crippen LogP contribution in [0.4, 0.5) is 8.78 Å². The van der Waals surface area contributed by atoms with Crippen LogP contribution in [-0.2, 0) is 0 Å². The lowest BCUT2D eigenvalue weighted by molar-refractivity contribution is -0.0514. The molecule has 0 aliphatic carbocycles. The molecule has 5 heteroatoms. The minimum atomic E-state index is -2.89. The van der Waals surface area contributed by atoms with Crippen molar-refractivity contribution in [3.8, 4) is 11.5 Å². The van der Waals surface area contributed by atoms with Gasteiger partial charge in [-0.1, -0.05) is 12.1 Å². The number of hydrogen-bond donors (Lipinski definition) is 1. The predicted octanol–water partition coefficient (Wildman–Crippen LogP) is 3.47. The van der Waals surface area contributed by atoms with E-state index in [2.05, 4.69) is 4.74 Å². The molecule has 0 radical (unpaired) electrons. The quantitative estimate of drug-likeness (QED) is 0.861. The fraction of sp³-hybridized carbons (Fsp3) is 0.429. The summed E-state index contributed by atoms with van der Waals surface area (Å²) in [5.74, 6) is 0.263. The van der Waals surface area contributed by atoms with Crippen LogP contribution in [0.25, 0.3) is 6.08 Å². The second kappa shape index (κ2) is 7.09. The van der Waals surface area contributed by atoms with E-state index in [4.69, 9.17) is 4.74 Å². The van der Waals surface area contributed by atoms with Crippen molar-refractivity contribution in [3.05, 3.63) is 29.3 Å². The summed E-state index contributed by atoms with van der Waals surface area (Å²) in [6.07, 6.45) is 1.20. The van der Waals surface area contributed by atoms with E-state index in [9.17, 15) is 13.9 Å². The molecular weight excluding hydrogens is 254 g/mol. The smallest absolute Gasteiger partial charge is 0.387 e. The second-order valence-electron chi connectivity index (χ2n) is 4.08. The van der Waals surface area contributed by atoms with Gasteiger partial charge in [0, 0.05) is 0 Å². The molecule has 3 nitrogen and oxygen atoms in total. The number of benzene rings is 1. The van der Waals surface area contributed by atoms with Gasteiger partial charge in [-0.2, -0.15) is 8.78 Å². The van der Waals surface area contributed by atoms with Crippen LogP contribution in [-0.4, -0.2) is 24.4 Å². The maximum absolute atomic E-state index is 12.2. The van der Waals surface area contributed by atoms with E-state index in [-0.39, 0.29) is 11.5 Å². The van der Waals surface area contributed by atoms with E-state index in [1.165, 1.54) is 6.07 Å². The van der Waals surface area contributed by atoms with Gasteiger partial charge in [-0.25, -0.2) is 0 Å². The van der Waals surface area contributed by atoms with E-state index in [0.29, 0.717) is 6.61 Å². The summed E-state index contributed by atoms with van der Waals surface area (Å²) < 4.78 is 34.1. The van der Waals surface area contributed by atoms with Crippen molar-refractivity contribution in [2.24, 2.45) is 0 Å². The molecule has 0 heterocycles. The summed E-state index contributed by atoms with van der Waals surface area (Å²) in [7, 11) is 0. The SMILES string of the molecule is CCOc1cc(/C=C(/C)C(C)O)ccc1OC(F)F. The summed E-state index contributed by atoms with van der Waals surface area (Å²) in [5.41, 5.74) is 1.52. The van der Waals surface area contributed by atoms with Gasteiger partial charge in [0.25, 0.3) is 0 Å². The van der Waals surface area contributed by atoms with Crippen LogP contribution in [0.1, 0.15) is 26.3 Å². The highest BCUT2D eigenvalue weighted by molar-refractivity contribution is 5.58. The Bertz CT molecular complexity index is 442. The lowest BCUT2D eigenvalue weighted by Gasteiger charge is -2.12. The number of ether oxygens (including phenoxy) is 2. The monoisotopic (exact) mass is 272 g/mol. The number of hydrogen-bond acceptors (Lipinski definition) is 3. The van der Waals surface area contributed by atoms with Crippen LogP contribution < -0.4 is 9.47 Å². The van der Waals surface area contributed by atoms with E-state index < -0.39 is 12.7 Å². The number of aliphatic hydroxyl groups excluding tert-OH is 1. The molecule has 0 bridgehead atoms.